The van der Waals surface area contributed by atoms with Crippen LogP contribution in [0.3, 0.4) is 0 Å². The van der Waals surface area contributed by atoms with E-state index in [0.29, 0.717) is 18.7 Å². The maximum absolute atomic E-state index is 13.3. The average Bonchev–Trinajstić information content (AvgIpc) is 2.99. The number of para-hydroxylation sites is 1. The molecule has 4 fully saturated rings. The van der Waals surface area contributed by atoms with Crippen molar-refractivity contribution in [1.29, 1.82) is 0 Å². The third-order valence-corrected chi connectivity index (χ3v) is 7.26. The van der Waals surface area contributed by atoms with Crippen molar-refractivity contribution < 1.29 is 13.6 Å². The highest BCUT2D eigenvalue weighted by atomic mass is 19.3. The second kappa shape index (κ2) is 6.85. The summed E-state index contributed by atoms with van der Waals surface area (Å²) in [5.74, 6) is 2.27. The van der Waals surface area contributed by atoms with Crippen LogP contribution in [0.1, 0.15) is 61.9 Å². The highest BCUT2D eigenvalue weighted by Gasteiger charge is 2.51. The van der Waals surface area contributed by atoms with E-state index in [9.17, 15) is 13.6 Å². The van der Waals surface area contributed by atoms with E-state index in [1.807, 2.05) is 34.9 Å². The summed E-state index contributed by atoms with van der Waals surface area (Å²) >= 11 is 0. The van der Waals surface area contributed by atoms with Gasteiger partial charge in [-0.2, -0.15) is 0 Å². The molecule has 4 saturated carbocycles. The first-order chi connectivity index (χ1) is 13.5. The number of hydrogen-bond acceptors (Lipinski definition) is 1. The van der Waals surface area contributed by atoms with E-state index in [1.165, 1.54) is 19.3 Å². The van der Waals surface area contributed by atoms with Crippen molar-refractivity contribution in [3.63, 3.8) is 0 Å². The lowest BCUT2D eigenvalue weighted by atomic mass is 9.53. The van der Waals surface area contributed by atoms with Crippen LogP contribution in [-0.2, 0) is 6.54 Å². The molecular weight excluding hydrogens is 358 g/mol. The highest BCUT2D eigenvalue weighted by molar-refractivity contribution is 5.99. The molecular formula is C23H28F2N2O. The molecule has 0 radical (unpaired) electrons. The number of benzene rings is 1. The number of carbonyl (C=O) groups excluding carboxylic acids is 1. The first-order valence-corrected chi connectivity index (χ1v) is 10.7. The Balaban J connectivity index is 1.41. The van der Waals surface area contributed by atoms with Crippen molar-refractivity contribution in [2.75, 3.05) is 0 Å². The Kier molecular flexibility index (Phi) is 4.44. The van der Waals surface area contributed by atoms with Gasteiger partial charge in [0.2, 0.25) is 6.43 Å². The quantitative estimate of drug-likeness (QED) is 0.710. The molecule has 3 nitrogen and oxygen atoms in total. The van der Waals surface area contributed by atoms with Gasteiger partial charge >= 0.3 is 0 Å². The summed E-state index contributed by atoms with van der Waals surface area (Å²) in [6.45, 7) is 0.446. The standard InChI is InChI=1S/C23H28F2N2O/c24-21(25)6-3-7-27-19-5-2-1-4-18(19)11-20(27)22(28)26-23-12-15-8-16(13-23)10-17(9-15)14-23/h1-2,4-5,11,15-17,21H,3,6-10,12-14H2,(H,26,28). The summed E-state index contributed by atoms with van der Waals surface area (Å²) < 4.78 is 27.2. The second-order valence-corrected chi connectivity index (χ2v) is 9.43. The van der Waals surface area contributed by atoms with Crippen LogP contribution in [0.5, 0.6) is 0 Å². The van der Waals surface area contributed by atoms with Crippen molar-refractivity contribution in [3.05, 3.63) is 36.0 Å². The van der Waals surface area contributed by atoms with Crippen LogP contribution in [0.15, 0.2) is 30.3 Å². The Morgan fingerprint density at radius 1 is 1.11 bits per heavy atom. The summed E-state index contributed by atoms with van der Waals surface area (Å²) in [6, 6.07) is 9.77. The molecule has 2 aromatic rings. The fraction of sp³-hybridized carbons (Fsp3) is 0.609. The van der Waals surface area contributed by atoms with Crippen LogP contribution >= 0.6 is 0 Å². The van der Waals surface area contributed by atoms with Crippen molar-refractivity contribution in [2.24, 2.45) is 17.8 Å². The third-order valence-electron chi connectivity index (χ3n) is 7.26. The normalized spacial score (nSPS) is 31.0. The van der Waals surface area contributed by atoms with Crippen molar-refractivity contribution >= 4 is 16.8 Å². The zero-order valence-corrected chi connectivity index (χ0v) is 16.2. The Morgan fingerprint density at radius 2 is 1.75 bits per heavy atom. The lowest BCUT2D eigenvalue weighted by Gasteiger charge is -2.56. The SMILES string of the molecule is O=C(NC12CC3CC(CC(C3)C1)C2)c1cc2ccccc2n1CCCC(F)F. The molecule has 0 spiro atoms. The molecule has 28 heavy (non-hydrogen) atoms. The van der Waals surface area contributed by atoms with Crippen molar-refractivity contribution in [2.45, 2.75) is 69.9 Å². The van der Waals surface area contributed by atoms with Gasteiger partial charge in [-0.15, -0.1) is 0 Å². The van der Waals surface area contributed by atoms with Gasteiger partial charge in [-0.05, 0) is 74.8 Å². The fourth-order valence-electron chi connectivity index (χ4n) is 6.61. The molecule has 150 valence electrons. The smallest absolute Gasteiger partial charge is 0.268 e. The Morgan fingerprint density at radius 3 is 2.39 bits per heavy atom. The minimum absolute atomic E-state index is 0.0322. The number of carbonyl (C=O) groups is 1. The highest BCUT2D eigenvalue weighted by Crippen LogP contribution is 2.55. The van der Waals surface area contributed by atoms with Gasteiger partial charge in [-0.25, -0.2) is 8.78 Å². The summed E-state index contributed by atoms with van der Waals surface area (Å²) in [4.78, 5) is 13.3. The zero-order valence-electron chi connectivity index (χ0n) is 16.2. The van der Waals surface area contributed by atoms with E-state index in [0.717, 1.165) is 47.9 Å². The van der Waals surface area contributed by atoms with E-state index in [4.69, 9.17) is 0 Å². The molecule has 1 N–H and O–H groups in total. The molecule has 0 unspecified atom stereocenters. The van der Waals surface area contributed by atoms with Crippen LogP contribution in [0.25, 0.3) is 10.9 Å². The molecule has 0 atom stereocenters. The van der Waals surface area contributed by atoms with Gasteiger partial charge in [0.1, 0.15) is 5.69 Å². The fourth-order valence-corrected chi connectivity index (χ4v) is 6.61. The van der Waals surface area contributed by atoms with E-state index in [2.05, 4.69) is 5.32 Å². The lowest BCUT2D eigenvalue weighted by molar-refractivity contribution is -0.0168. The van der Waals surface area contributed by atoms with Crippen LogP contribution in [0.4, 0.5) is 8.78 Å². The molecule has 0 aliphatic heterocycles. The molecule has 6 rings (SSSR count). The number of hydrogen-bond donors (Lipinski definition) is 1. The Hall–Kier alpha value is -1.91. The molecule has 1 amide bonds. The van der Waals surface area contributed by atoms with E-state index >= 15 is 0 Å². The van der Waals surface area contributed by atoms with Gasteiger partial charge in [-0.3, -0.25) is 4.79 Å². The number of nitrogens with zero attached hydrogens (tertiary/aromatic N) is 1. The number of aryl methyl sites for hydroxylation is 1. The molecule has 5 heteroatoms. The summed E-state index contributed by atoms with van der Waals surface area (Å²) in [5.41, 5.74) is 1.52. The van der Waals surface area contributed by atoms with E-state index < -0.39 is 6.43 Å². The number of amides is 1. The van der Waals surface area contributed by atoms with Gasteiger partial charge in [0.15, 0.2) is 0 Å². The molecule has 1 heterocycles. The third kappa shape index (κ3) is 3.23. The minimum atomic E-state index is -2.30. The Bertz CT molecular complexity index is 853. The topological polar surface area (TPSA) is 34.0 Å². The molecule has 4 aliphatic carbocycles. The summed E-state index contributed by atoms with van der Waals surface area (Å²) in [5, 5.41) is 4.43. The van der Waals surface area contributed by atoms with Gasteiger partial charge in [-0.1, -0.05) is 18.2 Å². The predicted octanol–water partition coefficient (Wildman–Crippen LogP) is 5.39. The maximum Gasteiger partial charge on any atom is 0.268 e. The van der Waals surface area contributed by atoms with Gasteiger partial charge in [0, 0.05) is 29.4 Å². The number of nitrogens with one attached hydrogen (secondary N) is 1. The number of rotatable bonds is 6. The summed E-state index contributed by atoms with van der Waals surface area (Å²) in [7, 11) is 0. The number of aromatic nitrogens is 1. The van der Waals surface area contributed by atoms with Gasteiger partial charge < -0.3 is 9.88 Å². The van der Waals surface area contributed by atoms with Gasteiger partial charge in [0.05, 0.1) is 0 Å². The number of alkyl halides is 2. The van der Waals surface area contributed by atoms with E-state index in [1.54, 1.807) is 0 Å². The lowest BCUT2D eigenvalue weighted by Crippen LogP contribution is -2.60. The van der Waals surface area contributed by atoms with Crippen molar-refractivity contribution in [1.82, 2.24) is 9.88 Å². The molecule has 1 aromatic heterocycles. The van der Waals surface area contributed by atoms with Crippen LogP contribution in [0.2, 0.25) is 0 Å². The zero-order chi connectivity index (χ0) is 19.3. The number of fused-ring (bicyclic) bond motifs is 1. The monoisotopic (exact) mass is 386 g/mol. The predicted molar refractivity (Wildman–Crippen MR) is 106 cm³/mol. The van der Waals surface area contributed by atoms with Crippen LogP contribution in [-0.4, -0.2) is 22.4 Å². The number of halogens is 2. The first-order valence-electron chi connectivity index (χ1n) is 10.7. The first kappa shape index (κ1) is 18.1. The Labute approximate surface area is 164 Å². The van der Waals surface area contributed by atoms with Crippen LogP contribution in [0, 0.1) is 17.8 Å². The molecule has 1 aromatic carbocycles. The molecule has 4 aliphatic rings. The van der Waals surface area contributed by atoms with Crippen LogP contribution < -0.4 is 5.32 Å². The molecule has 0 saturated heterocycles. The van der Waals surface area contributed by atoms with Gasteiger partial charge in [0.25, 0.3) is 5.91 Å². The average molecular weight is 386 g/mol. The minimum Gasteiger partial charge on any atom is -0.345 e. The second-order valence-electron chi connectivity index (χ2n) is 9.43. The molecule has 4 bridgehead atoms. The van der Waals surface area contributed by atoms with Crippen molar-refractivity contribution in [3.8, 4) is 0 Å². The summed E-state index contributed by atoms with van der Waals surface area (Å²) in [6.07, 6.45) is 5.26. The van der Waals surface area contributed by atoms with E-state index in [-0.39, 0.29) is 17.9 Å². The largest absolute Gasteiger partial charge is 0.345 e. The maximum atomic E-state index is 13.3.